The van der Waals surface area contributed by atoms with E-state index in [4.69, 9.17) is 9.84 Å². The second-order valence-electron chi connectivity index (χ2n) is 5.01. The summed E-state index contributed by atoms with van der Waals surface area (Å²) in [6.07, 6.45) is 4.31. The van der Waals surface area contributed by atoms with Crippen LogP contribution in [-0.4, -0.2) is 30.8 Å². The van der Waals surface area contributed by atoms with Gasteiger partial charge in [-0.15, -0.1) is 0 Å². The first-order valence-corrected chi connectivity index (χ1v) is 7.23. The number of aliphatic carboxylic acids is 1. The summed E-state index contributed by atoms with van der Waals surface area (Å²) in [6, 6.07) is 7.77. The van der Waals surface area contributed by atoms with E-state index in [1.807, 2.05) is 24.3 Å². The standard InChI is InChI=1S/C16H25NO3/c1-3-4-5-10-17-14(12-16(18)19)11-13-6-8-15(20-2)9-7-13/h6-9,14,17H,3-5,10-12H2,1-2H3,(H,18,19). The van der Waals surface area contributed by atoms with Gasteiger partial charge in [0, 0.05) is 6.04 Å². The van der Waals surface area contributed by atoms with Crippen molar-refractivity contribution in [1.29, 1.82) is 0 Å². The zero-order valence-corrected chi connectivity index (χ0v) is 12.4. The van der Waals surface area contributed by atoms with Crippen molar-refractivity contribution in [2.24, 2.45) is 0 Å². The van der Waals surface area contributed by atoms with Crippen molar-refractivity contribution < 1.29 is 14.6 Å². The van der Waals surface area contributed by atoms with Crippen LogP contribution in [0.3, 0.4) is 0 Å². The number of rotatable bonds is 10. The van der Waals surface area contributed by atoms with Crippen LogP contribution in [0.5, 0.6) is 5.75 Å². The Kier molecular flexibility index (Phi) is 7.73. The minimum absolute atomic E-state index is 0.0160. The van der Waals surface area contributed by atoms with E-state index in [0.717, 1.165) is 30.7 Å². The lowest BCUT2D eigenvalue weighted by Crippen LogP contribution is -2.34. The molecule has 0 aliphatic carbocycles. The topological polar surface area (TPSA) is 58.6 Å². The van der Waals surface area contributed by atoms with Gasteiger partial charge in [0.05, 0.1) is 13.5 Å². The summed E-state index contributed by atoms with van der Waals surface area (Å²) in [7, 11) is 1.64. The van der Waals surface area contributed by atoms with E-state index in [1.165, 1.54) is 12.8 Å². The molecule has 20 heavy (non-hydrogen) atoms. The Bertz CT molecular complexity index is 389. The second-order valence-corrected chi connectivity index (χ2v) is 5.01. The van der Waals surface area contributed by atoms with E-state index in [1.54, 1.807) is 7.11 Å². The van der Waals surface area contributed by atoms with Crippen molar-refractivity contribution >= 4 is 5.97 Å². The summed E-state index contributed by atoms with van der Waals surface area (Å²) in [6.45, 7) is 3.04. The first kappa shape index (κ1) is 16.5. The number of benzene rings is 1. The molecule has 1 aromatic carbocycles. The molecule has 0 aliphatic rings. The van der Waals surface area contributed by atoms with Gasteiger partial charge in [0.1, 0.15) is 5.75 Å². The van der Waals surface area contributed by atoms with Gasteiger partial charge in [0.15, 0.2) is 0 Å². The van der Waals surface area contributed by atoms with Gasteiger partial charge in [-0.2, -0.15) is 0 Å². The maximum Gasteiger partial charge on any atom is 0.304 e. The first-order chi connectivity index (χ1) is 9.65. The number of nitrogens with one attached hydrogen (secondary N) is 1. The molecule has 0 spiro atoms. The molecule has 0 radical (unpaired) electrons. The number of carboxylic acid groups (broad SMARTS) is 1. The summed E-state index contributed by atoms with van der Waals surface area (Å²) in [5.74, 6) is 0.0611. The monoisotopic (exact) mass is 279 g/mol. The van der Waals surface area contributed by atoms with Gasteiger partial charge in [-0.05, 0) is 37.1 Å². The van der Waals surface area contributed by atoms with Crippen LogP contribution in [0, 0.1) is 0 Å². The Balaban J connectivity index is 2.51. The van der Waals surface area contributed by atoms with Crippen LogP contribution in [0.15, 0.2) is 24.3 Å². The number of hydrogen-bond donors (Lipinski definition) is 2. The molecular formula is C16H25NO3. The highest BCUT2D eigenvalue weighted by Gasteiger charge is 2.13. The Hall–Kier alpha value is -1.55. The molecule has 112 valence electrons. The lowest BCUT2D eigenvalue weighted by atomic mass is 10.0. The van der Waals surface area contributed by atoms with Gasteiger partial charge < -0.3 is 15.2 Å². The summed E-state index contributed by atoms with van der Waals surface area (Å²) >= 11 is 0. The zero-order valence-electron chi connectivity index (χ0n) is 12.4. The predicted octanol–water partition coefficient (Wildman–Crippen LogP) is 2.86. The van der Waals surface area contributed by atoms with Crippen molar-refractivity contribution in [3.63, 3.8) is 0 Å². The van der Waals surface area contributed by atoms with Crippen molar-refractivity contribution in [2.45, 2.75) is 45.1 Å². The third kappa shape index (κ3) is 6.57. The molecule has 4 nitrogen and oxygen atoms in total. The average molecular weight is 279 g/mol. The van der Waals surface area contributed by atoms with E-state index in [0.29, 0.717) is 0 Å². The third-order valence-electron chi connectivity index (χ3n) is 3.28. The first-order valence-electron chi connectivity index (χ1n) is 7.23. The Morgan fingerprint density at radius 3 is 2.55 bits per heavy atom. The lowest BCUT2D eigenvalue weighted by Gasteiger charge is -2.17. The van der Waals surface area contributed by atoms with Gasteiger partial charge in [0.2, 0.25) is 0 Å². The molecule has 1 rings (SSSR count). The fraction of sp³-hybridized carbons (Fsp3) is 0.562. The van der Waals surface area contributed by atoms with Crippen LogP contribution in [0.1, 0.15) is 38.2 Å². The quantitative estimate of drug-likeness (QED) is 0.647. The van der Waals surface area contributed by atoms with Crippen molar-refractivity contribution in [3.8, 4) is 5.75 Å². The summed E-state index contributed by atoms with van der Waals surface area (Å²) in [5, 5.41) is 12.3. The molecule has 0 saturated heterocycles. The maximum atomic E-state index is 10.9. The molecule has 0 aliphatic heterocycles. The minimum Gasteiger partial charge on any atom is -0.497 e. The van der Waals surface area contributed by atoms with E-state index in [9.17, 15) is 4.79 Å². The Morgan fingerprint density at radius 1 is 1.30 bits per heavy atom. The summed E-state index contributed by atoms with van der Waals surface area (Å²) in [4.78, 5) is 10.9. The Morgan fingerprint density at radius 2 is 2.00 bits per heavy atom. The second kappa shape index (κ2) is 9.37. The molecule has 0 fully saturated rings. The largest absolute Gasteiger partial charge is 0.497 e. The summed E-state index contributed by atoms with van der Waals surface area (Å²) in [5.41, 5.74) is 1.13. The van der Waals surface area contributed by atoms with Gasteiger partial charge in [-0.3, -0.25) is 4.79 Å². The van der Waals surface area contributed by atoms with Crippen LogP contribution in [0.4, 0.5) is 0 Å². The van der Waals surface area contributed by atoms with Gasteiger partial charge in [0.25, 0.3) is 0 Å². The zero-order chi connectivity index (χ0) is 14.8. The molecule has 0 saturated carbocycles. The van der Waals surface area contributed by atoms with E-state index >= 15 is 0 Å². The SMILES string of the molecule is CCCCCNC(CC(=O)O)Cc1ccc(OC)cc1. The number of carboxylic acids is 1. The van der Waals surface area contributed by atoms with E-state index in [-0.39, 0.29) is 12.5 Å². The highest BCUT2D eigenvalue weighted by Crippen LogP contribution is 2.13. The van der Waals surface area contributed by atoms with Crippen molar-refractivity contribution in [1.82, 2.24) is 5.32 Å². The van der Waals surface area contributed by atoms with Crippen molar-refractivity contribution in [3.05, 3.63) is 29.8 Å². The van der Waals surface area contributed by atoms with E-state index in [2.05, 4.69) is 12.2 Å². The number of carbonyl (C=O) groups is 1. The average Bonchev–Trinajstić information content (AvgIpc) is 2.43. The molecule has 4 heteroatoms. The van der Waals surface area contributed by atoms with Crippen LogP contribution in [0.25, 0.3) is 0 Å². The molecule has 0 bridgehead atoms. The molecule has 0 aromatic heterocycles. The van der Waals surface area contributed by atoms with Crippen LogP contribution >= 0.6 is 0 Å². The predicted molar refractivity (Wildman–Crippen MR) is 80.3 cm³/mol. The maximum absolute atomic E-state index is 10.9. The van der Waals surface area contributed by atoms with Crippen LogP contribution < -0.4 is 10.1 Å². The smallest absolute Gasteiger partial charge is 0.304 e. The highest BCUT2D eigenvalue weighted by atomic mass is 16.5. The van der Waals surface area contributed by atoms with Crippen molar-refractivity contribution in [2.75, 3.05) is 13.7 Å². The molecular weight excluding hydrogens is 254 g/mol. The molecule has 0 heterocycles. The normalized spacial score (nSPS) is 12.1. The fourth-order valence-corrected chi connectivity index (χ4v) is 2.15. The van der Waals surface area contributed by atoms with Gasteiger partial charge in [-0.1, -0.05) is 31.9 Å². The number of unbranched alkanes of at least 4 members (excludes halogenated alkanes) is 2. The number of methoxy groups -OCH3 is 1. The molecule has 0 amide bonds. The van der Waals surface area contributed by atoms with Gasteiger partial charge >= 0.3 is 5.97 Å². The lowest BCUT2D eigenvalue weighted by molar-refractivity contribution is -0.137. The van der Waals surface area contributed by atoms with Crippen LogP contribution in [-0.2, 0) is 11.2 Å². The van der Waals surface area contributed by atoms with E-state index < -0.39 is 5.97 Å². The Labute approximate surface area is 121 Å². The number of ether oxygens (including phenoxy) is 1. The van der Waals surface area contributed by atoms with Crippen LogP contribution in [0.2, 0.25) is 0 Å². The highest BCUT2D eigenvalue weighted by molar-refractivity contribution is 5.67. The minimum atomic E-state index is -0.758. The third-order valence-corrected chi connectivity index (χ3v) is 3.28. The molecule has 1 aromatic rings. The molecule has 1 unspecified atom stereocenters. The molecule has 2 N–H and O–H groups in total. The fourth-order valence-electron chi connectivity index (χ4n) is 2.15. The summed E-state index contributed by atoms with van der Waals surface area (Å²) < 4.78 is 5.12. The van der Waals surface area contributed by atoms with Gasteiger partial charge in [-0.25, -0.2) is 0 Å². The molecule has 1 atom stereocenters. The number of hydrogen-bond acceptors (Lipinski definition) is 3.